The molecule has 0 bridgehead atoms. The Labute approximate surface area is 232 Å². The standard InChI is InChI=1S/C25H36.C10H18.C2H6/c1-8-9-23-14-18(4)10-12-25(23)20(6)15-19(5)24-13-11-22(17(2)3)16-21(24)7;1-4-8(3)10-7-6-9(10)5-2;1-2/h10-14,16-17,19-20H,8-9,15H2,1-7H3;4,8-10H,1,5-7H2,2-3H3;1-2H3. The second kappa shape index (κ2) is 16.9. The smallest absolute Gasteiger partial charge is 0.0182 e. The van der Waals surface area contributed by atoms with Crippen LogP contribution in [0.1, 0.15) is 146 Å². The molecule has 0 radical (unpaired) electrons. The van der Waals surface area contributed by atoms with Gasteiger partial charge in [0.25, 0.3) is 0 Å². The summed E-state index contributed by atoms with van der Waals surface area (Å²) in [6.07, 6.45) is 9.98. The van der Waals surface area contributed by atoms with Gasteiger partial charge < -0.3 is 0 Å². The molecule has 208 valence electrons. The van der Waals surface area contributed by atoms with Gasteiger partial charge in [0.05, 0.1) is 0 Å². The lowest BCUT2D eigenvalue weighted by Crippen LogP contribution is -2.29. The van der Waals surface area contributed by atoms with Gasteiger partial charge in [-0.05, 0) is 103 Å². The topological polar surface area (TPSA) is 0 Å². The fraction of sp³-hybridized carbons (Fsp3) is 0.622. The molecule has 0 heterocycles. The molecule has 0 aliphatic heterocycles. The number of hydrogen-bond acceptors (Lipinski definition) is 0. The molecule has 3 rings (SSSR count). The molecule has 2 aromatic carbocycles. The van der Waals surface area contributed by atoms with E-state index in [1.54, 1.807) is 11.1 Å². The second-order valence-corrected chi connectivity index (χ2v) is 11.8. The quantitative estimate of drug-likeness (QED) is 0.282. The summed E-state index contributed by atoms with van der Waals surface area (Å²) >= 11 is 0. The number of benzene rings is 2. The van der Waals surface area contributed by atoms with Crippen LogP contribution < -0.4 is 0 Å². The first-order valence-electron chi connectivity index (χ1n) is 15.4. The first-order valence-corrected chi connectivity index (χ1v) is 15.4. The van der Waals surface area contributed by atoms with E-state index in [1.165, 1.54) is 60.8 Å². The van der Waals surface area contributed by atoms with Crippen LogP contribution in [0.3, 0.4) is 0 Å². The minimum absolute atomic E-state index is 0.590. The molecule has 1 fully saturated rings. The molecule has 0 N–H and O–H groups in total. The summed E-state index contributed by atoms with van der Waals surface area (Å²) in [5, 5.41) is 0. The third-order valence-electron chi connectivity index (χ3n) is 8.60. The highest BCUT2D eigenvalue weighted by molar-refractivity contribution is 5.37. The molecule has 2 aromatic rings. The molecule has 0 spiro atoms. The van der Waals surface area contributed by atoms with E-state index >= 15 is 0 Å². The van der Waals surface area contributed by atoms with E-state index in [1.807, 2.05) is 13.8 Å². The van der Waals surface area contributed by atoms with Crippen molar-refractivity contribution in [1.29, 1.82) is 0 Å². The molecule has 1 saturated carbocycles. The molecule has 0 saturated heterocycles. The molecule has 37 heavy (non-hydrogen) atoms. The molecule has 1 aliphatic carbocycles. The maximum atomic E-state index is 3.83. The summed E-state index contributed by atoms with van der Waals surface area (Å²) < 4.78 is 0. The SMILES string of the molecule is C=CC(C)C1CCC1CC.CC.CCCc1cc(C)ccc1C(C)CC(C)c1ccc(C(C)C)cc1C. The molecule has 0 amide bonds. The molecular formula is C37H60. The van der Waals surface area contributed by atoms with Crippen molar-refractivity contribution in [3.05, 3.63) is 82.4 Å². The Bertz CT molecular complexity index is 916. The van der Waals surface area contributed by atoms with E-state index in [-0.39, 0.29) is 0 Å². The fourth-order valence-electron chi connectivity index (χ4n) is 6.07. The molecule has 0 aromatic heterocycles. The summed E-state index contributed by atoms with van der Waals surface area (Å²) in [5.74, 6) is 4.51. The van der Waals surface area contributed by atoms with E-state index < -0.39 is 0 Å². The van der Waals surface area contributed by atoms with E-state index in [0.717, 1.165) is 17.8 Å². The first kappa shape index (κ1) is 33.2. The Balaban J connectivity index is 0.000000475. The minimum atomic E-state index is 0.590. The van der Waals surface area contributed by atoms with Gasteiger partial charge in [-0.15, -0.1) is 6.58 Å². The Morgan fingerprint density at radius 1 is 0.865 bits per heavy atom. The van der Waals surface area contributed by atoms with Gasteiger partial charge in [0.15, 0.2) is 0 Å². The molecular weight excluding hydrogens is 444 g/mol. The Kier molecular flexibility index (Phi) is 15.2. The van der Waals surface area contributed by atoms with E-state index in [2.05, 4.69) is 111 Å². The van der Waals surface area contributed by atoms with Crippen molar-refractivity contribution in [1.82, 2.24) is 0 Å². The number of aryl methyl sites for hydroxylation is 3. The average Bonchev–Trinajstić information content (AvgIpc) is 2.85. The summed E-state index contributed by atoms with van der Waals surface area (Å²) in [6.45, 7) is 28.5. The molecule has 5 unspecified atom stereocenters. The van der Waals surface area contributed by atoms with Crippen LogP contribution in [0.4, 0.5) is 0 Å². The number of rotatable bonds is 10. The van der Waals surface area contributed by atoms with Crippen molar-refractivity contribution < 1.29 is 0 Å². The Morgan fingerprint density at radius 2 is 1.49 bits per heavy atom. The van der Waals surface area contributed by atoms with Crippen LogP contribution in [-0.2, 0) is 6.42 Å². The van der Waals surface area contributed by atoms with E-state index in [0.29, 0.717) is 17.8 Å². The van der Waals surface area contributed by atoms with Gasteiger partial charge in [-0.2, -0.15) is 0 Å². The second-order valence-electron chi connectivity index (χ2n) is 11.8. The van der Waals surface area contributed by atoms with Gasteiger partial charge >= 0.3 is 0 Å². The zero-order chi connectivity index (χ0) is 28.1. The summed E-state index contributed by atoms with van der Waals surface area (Å²) in [5.41, 5.74) is 8.90. The van der Waals surface area contributed by atoms with Gasteiger partial charge in [0.1, 0.15) is 0 Å². The lowest BCUT2D eigenvalue weighted by molar-refractivity contribution is 0.131. The van der Waals surface area contributed by atoms with Gasteiger partial charge in [-0.1, -0.05) is 123 Å². The zero-order valence-corrected chi connectivity index (χ0v) is 26.5. The van der Waals surface area contributed by atoms with Gasteiger partial charge in [-0.25, -0.2) is 0 Å². The molecule has 1 aliphatic rings. The first-order chi connectivity index (χ1) is 17.6. The average molecular weight is 505 g/mol. The summed E-state index contributed by atoms with van der Waals surface area (Å²) in [4.78, 5) is 0. The number of allylic oxidation sites excluding steroid dienone is 1. The van der Waals surface area contributed by atoms with Crippen molar-refractivity contribution in [2.45, 2.75) is 132 Å². The Hall–Kier alpha value is -1.82. The van der Waals surface area contributed by atoms with Crippen molar-refractivity contribution in [2.75, 3.05) is 0 Å². The predicted molar refractivity (Wildman–Crippen MR) is 169 cm³/mol. The van der Waals surface area contributed by atoms with Crippen molar-refractivity contribution >= 4 is 0 Å². The van der Waals surface area contributed by atoms with Crippen LogP contribution in [0.15, 0.2) is 49.1 Å². The maximum Gasteiger partial charge on any atom is -0.0182 e. The largest absolute Gasteiger partial charge is 0.103 e. The van der Waals surface area contributed by atoms with E-state index in [4.69, 9.17) is 0 Å². The van der Waals surface area contributed by atoms with Crippen LogP contribution in [0.5, 0.6) is 0 Å². The van der Waals surface area contributed by atoms with Gasteiger partial charge in [0.2, 0.25) is 0 Å². The fourth-order valence-corrected chi connectivity index (χ4v) is 6.07. The van der Waals surface area contributed by atoms with Crippen LogP contribution in [0, 0.1) is 31.6 Å². The van der Waals surface area contributed by atoms with Crippen molar-refractivity contribution in [3.8, 4) is 0 Å². The molecule has 0 nitrogen and oxygen atoms in total. The monoisotopic (exact) mass is 504 g/mol. The highest BCUT2D eigenvalue weighted by Gasteiger charge is 2.31. The van der Waals surface area contributed by atoms with Gasteiger partial charge in [0, 0.05) is 0 Å². The maximum absolute atomic E-state index is 3.83. The van der Waals surface area contributed by atoms with Crippen molar-refractivity contribution in [2.24, 2.45) is 17.8 Å². The minimum Gasteiger partial charge on any atom is -0.103 e. The lowest BCUT2D eigenvalue weighted by atomic mass is 9.66. The Morgan fingerprint density at radius 3 is 1.97 bits per heavy atom. The molecule has 0 heteroatoms. The molecule has 5 atom stereocenters. The highest BCUT2D eigenvalue weighted by atomic mass is 14.4. The summed E-state index contributed by atoms with van der Waals surface area (Å²) in [6, 6.07) is 14.1. The highest BCUT2D eigenvalue weighted by Crippen LogP contribution is 2.41. The van der Waals surface area contributed by atoms with Crippen LogP contribution in [0.25, 0.3) is 0 Å². The predicted octanol–water partition coefficient (Wildman–Crippen LogP) is 11.9. The van der Waals surface area contributed by atoms with Crippen LogP contribution >= 0.6 is 0 Å². The third kappa shape index (κ3) is 9.77. The zero-order valence-electron chi connectivity index (χ0n) is 26.5. The van der Waals surface area contributed by atoms with E-state index in [9.17, 15) is 0 Å². The number of hydrogen-bond donors (Lipinski definition) is 0. The van der Waals surface area contributed by atoms with Crippen LogP contribution in [-0.4, -0.2) is 0 Å². The normalized spacial score (nSPS) is 18.9. The summed E-state index contributed by atoms with van der Waals surface area (Å²) in [7, 11) is 0. The third-order valence-corrected chi connectivity index (χ3v) is 8.60. The van der Waals surface area contributed by atoms with Crippen LogP contribution in [0.2, 0.25) is 0 Å². The van der Waals surface area contributed by atoms with Crippen molar-refractivity contribution in [3.63, 3.8) is 0 Å². The lowest BCUT2D eigenvalue weighted by Gasteiger charge is -2.39. The van der Waals surface area contributed by atoms with Gasteiger partial charge in [-0.3, -0.25) is 0 Å².